The lowest BCUT2D eigenvalue weighted by Gasteiger charge is -2.24. The van der Waals surface area contributed by atoms with Gasteiger partial charge in [0.05, 0.1) is 0 Å². The summed E-state index contributed by atoms with van der Waals surface area (Å²) in [5.41, 5.74) is 2.85. The number of rotatable bonds is 1. The van der Waals surface area contributed by atoms with Gasteiger partial charge in [-0.15, -0.1) is 0 Å². The molecule has 20 heavy (non-hydrogen) atoms. The van der Waals surface area contributed by atoms with Crippen LogP contribution in [-0.2, 0) is 0 Å². The van der Waals surface area contributed by atoms with Crippen molar-refractivity contribution in [1.82, 2.24) is 0 Å². The molecule has 0 nitrogen and oxygen atoms in total. The van der Waals surface area contributed by atoms with Gasteiger partial charge in [0.2, 0.25) is 0 Å². The Balaban J connectivity index is 1.66. The first kappa shape index (κ1) is 11.7. The Kier molecular flexibility index (Phi) is 2.81. The maximum absolute atomic E-state index is 2.39. The Hall–Kier alpha value is -2.08. The van der Waals surface area contributed by atoms with Crippen LogP contribution in [0.4, 0.5) is 0 Å². The average Bonchev–Trinajstić information content (AvgIpc) is 3.01. The zero-order valence-corrected chi connectivity index (χ0v) is 11.4. The highest BCUT2D eigenvalue weighted by Gasteiger charge is 2.28. The van der Waals surface area contributed by atoms with Crippen molar-refractivity contribution in [3.63, 3.8) is 0 Å². The summed E-state index contributed by atoms with van der Waals surface area (Å²) in [6.07, 6.45) is 31.8. The van der Waals surface area contributed by atoms with E-state index in [1.807, 2.05) is 0 Å². The predicted molar refractivity (Wildman–Crippen MR) is 85.0 cm³/mol. The smallest absolute Gasteiger partial charge is 0.0201 e. The zero-order chi connectivity index (χ0) is 13.4. The second-order valence-electron chi connectivity index (χ2n) is 5.80. The van der Waals surface area contributed by atoms with Gasteiger partial charge in [-0.1, -0.05) is 85.1 Å². The third-order valence-electron chi connectivity index (χ3n) is 4.63. The van der Waals surface area contributed by atoms with Crippen molar-refractivity contribution in [2.24, 2.45) is 23.7 Å². The summed E-state index contributed by atoms with van der Waals surface area (Å²) >= 11 is 0. The summed E-state index contributed by atoms with van der Waals surface area (Å²) in [5.74, 6) is 2.00. The monoisotopic (exact) mass is 258 g/mol. The van der Waals surface area contributed by atoms with Crippen molar-refractivity contribution in [1.29, 1.82) is 0 Å². The largest absolute Gasteiger partial charge is 0.0801 e. The topological polar surface area (TPSA) is 0 Å². The van der Waals surface area contributed by atoms with Crippen molar-refractivity contribution >= 4 is 0 Å². The van der Waals surface area contributed by atoms with E-state index < -0.39 is 0 Å². The highest BCUT2D eigenvalue weighted by Crippen LogP contribution is 2.38. The minimum atomic E-state index is 0.474. The van der Waals surface area contributed by atoms with Crippen molar-refractivity contribution in [3.05, 3.63) is 96.2 Å². The summed E-state index contributed by atoms with van der Waals surface area (Å²) in [7, 11) is 0. The SMILES string of the molecule is C1=CC2=CC=CC2C(C2C=CC3=CC=CC3C=C2)C=C1. The van der Waals surface area contributed by atoms with Gasteiger partial charge in [0.1, 0.15) is 0 Å². The van der Waals surface area contributed by atoms with Gasteiger partial charge >= 0.3 is 0 Å². The molecular weight excluding hydrogens is 240 g/mol. The highest BCUT2D eigenvalue weighted by molar-refractivity contribution is 5.44. The molecule has 0 saturated heterocycles. The summed E-state index contributed by atoms with van der Waals surface area (Å²) in [5, 5.41) is 0. The Labute approximate surface area is 120 Å². The Morgan fingerprint density at radius 3 is 2.50 bits per heavy atom. The van der Waals surface area contributed by atoms with Gasteiger partial charge in [0.25, 0.3) is 0 Å². The van der Waals surface area contributed by atoms with Gasteiger partial charge in [-0.25, -0.2) is 0 Å². The molecule has 0 bridgehead atoms. The molecule has 0 aromatic carbocycles. The fourth-order valence-corrected chi connectivity index (χ4v) is 3.51. The molecule has 0 aromatic rings. The molecular formula is C20H18. The quantitative estimate of drug-likeness (QED) is 0.598. The minimum Gasteiger partial charge on any atom is -0.0801 e. The molecule has 0 aromatic heterocycles. The van der Waals surface area contributed by atoms with Crippen molar-refractivity contribution in [3.8, 4) is 0 Å². The minimum absolute atomic E-state index is 0.474. The first-order valence-electron chi connectivity index (χ1n) is 7.40. The van der Waals surface area contributed by atoms with E-state index in [1.165, 1.54) is 11.1 Å². The van der Waals surface area contributed by atoms with Crippen LogP contribution in [0.25, 0.3) is 0 Å². The molecule has 4 aliphatic rings. The Bertz CT molecular complexity index is 644. The fraction of sp³-hybridized carbons (Fsp3) is 0.200. The van der Waals surface area contributed by atoms with E-state index in [4.69, 9.17) is 0 Å². The molecule has 0 heteroatoms. The van der Waals surface area contributed by atoms with E-state index in [9.17, 15) is 0 Å². The van der Waals surface area contributed by atoms with Crippen LogP contribution >= 0.6 is 0 Å². The third-order valence-corrected chi connectivity index (χ3v) is 4.63. The van der Waals surface area contributed by atoms with Crippen LogP contribution in [0.5, 0.6) is 0 Å². The molecule has 4 unspecified atom stereocenters. The van der Waals surface area contributed by atoms with Crippen LogP contribution in [0.3, 0.4) is 0 Å². The first-order chi connectivity index (χ1) is 9.92. The molecule has 0 fully saturated rings. The van der Waals surface area contributed by atoms with Gasteiger partial charge in [-0.05, 0) is 17.1 Å². The van der Waals surface area contributed by atoms with Crippen LogP contribution < -0.4 is 0 Å². The lowest BCUT2D eigenvalue weighted by molar-refractivity contribution is 0.476. The summed E-state index contributed by atoms with van der Waals surface area (Å²) in [6.45, 7) is 0. The average molecular weight is 258 g/mol. The molecule has 4 rings (SSSR count). The molecule has 0 radical (unpaired) electrons. The van der Waals surface area contributed by atoms with E-state index in [0.717, 1.165) is 0 Å². The van der Waals surface area contributed by atoms with Gasteiger partial charge in [-0.2, -0.15) is 0 Å². The fourth-order valence-electron chi connectivity index (χ4n) is 3.51. The van der Waals surface area contributed by atoms with Crippen molar-refractivity contribution in [2.75, 3.05) is 0 Å². The molecule has 0 aliphatic heterocycles. The second kappa shape index (κ2) is 4.79. The van der Waals surface area contributed by atoms with Gasteiger partial charge < -0.3 is 0 Å². The molecule has 0 N–H and O–H groups in total. The van der Waals surface area contributed by atoms with Gasteiger partial charge in [-0.3, -0.25) is 0 Å². The summed E-state index contributed by atoms with van der Waals surface area (Å²) < 4.78 is 0. The zero-order valence-electron chi connectivity index (χ0n) is 11.4. The lowest BCUT2D eigenvalue weighted by Crippen LogP contribution is -2.17. The van der Waals surface area contributed by atoms with Crippen molar-refractivity contribution < 1.29 is 0 Å². The predicted octanol–water partition coefficient (Wildman–Crippen LogP) is 4.70. The van der Waals surface area contributed by atoms with Crippen LogP contribution in [0.15, 0.2) is 96.2 Å². The van der Waals surface area contributed by atoms with Crippen LogP contribution in [0, 0.1) is 23.7 Å². The lowest BCUT2D eigenvalue weighted by atomic mass is 9.79. The van der Waals surface area contributed by atoms with Gasteiger partial charge in [0.15, 0.2) is 0 Å². The highest BCUT2D eigenvalue weighted by atomic mass is 14.3. The first-order valence-corrected chi connectivity index (χ1v) is 7.40. The molecule has 0 saturated carbocycles. The number of fused-ring (bicyclic) bond motifs is 2. The third kappa shape index (κ3) is 1.92. The summed E-state index contributed by atoms with van der Waals surface area (Å²) in [4.78, 5) is 0. The second-order valence-corrected chi connectivity index (χ2v) is 5.80. The van der Waals surface area contributed by atoms with E-state index in [2.05, 4.69) is 85.1 Å². The van der Waals surface area contributed by atoms with Crippen LogP contribution in [0.1, 0.15) is 0 Å². The van der Waals surface area contributed by atoms with Gasteiger partial charge in [0, 0.05) is 17.8 Å². The Morgan fingerprint density at radius 1 is 0.600 bits per heavy atom. The normalized spacial score (nSPS) is 36.4. The van der Waals surface area contributed by atoms with Crippen molar-refractivity contribution in [2.45, 2.75) is 0 Å². The number of hydrogen-bond donors (Lipinski definition) is 0. The van der Waals surface area contributed by atoms with Crippen LogP contribution in [-0.4, -0.2) is 0 Å². The number of hydrogen-bond acceptors (Lipinski definition) is 0. The van der Waals surface area contributed by atoms with E-state index >= 15 is 0 Å². The number of allylic oxidation sites excluding steroid dienone is 16. The standard InChI is InChI=1S/C20H18/c1-2-9-19(20-10-4-8-17(20)5-1)18-13-11-15-6-3-7-16(15)12-14-18/h1-15,18-20H. The molecule has 4 aliphatic carbocycles. The van der Waals surface area contributed by atoms with E-state index in [-0.39, 0.29) is 0 Å². The molecule has 0 spiro atoms. The Morgan fingerprint density at radius 2 is 1.50 bits per heavy atom. The van der Waals surface area contributed by atoms with E-state index in [0.29, 0.717) is 23.7 Å². The summed E-state index contributed by atoms with van der Waals surface area (Å²) in [6, 6.07) is 0. The van der Waals surface area contributed by atoms with E-state index in [1.54, 1.807) is 0 Å². The maximum Gasteiger partial charge on any atom is 0.0201 e. The molecule has 4 atom stereocenters. The molecule has 98 valence electrons. The molecule has 0 heterocycles. The van der Waals surface area contributed by atoms with Crippen LogP contribution in [0.2, 0.25) is 0 Å². The maximum atomic E-state index is 2.39. The molecule has 0 amide bonds.